The van der Waals surface area contributed by atoms with E-state index in [4.69, 9.17) is 19.9 Å². The van der Waals surface area contributed by atoms with Crippen molar-refractivity contribution in [2.24, 2.45) is 5.73 Å². The fourth-order valence-electron chi connectivity index (χ4n) is 4.15. The summed E-state index contributed by atoms with van der Waals surface area (Å²) in [5.41, 5.74) is 8.33. The van der Waals surface area contributed by atoms with Gasteiger partial charge in [0.15, 0.2) is 0 Å². The molecule has 232 valence electrons. The second kappa shape index (κ2) is 17.6. The SMILES string of the molecule is COc1cc(C(=O)N(C)c2ccc(C)cc2OCCCCNC(C)=O)ccc1NC(=O)c1ccccc1OCCCN.Cl. The molecule has 10 nitrogen and oxygen atoms in total. The Morgan fingerprint density at radius 1 is 0.884 bits per heavy atom. The van der Waals surface area contributed by atoms with Crippen LogP contribution < -0.4 is 35.5 Å². The summed E-state index contributed by atoms with van der Waals surface area (Å²) in [4.78, 5) is 39.2. The highest BCUT2D eigenvalue weighted by molar-refractivity contribution is 6.09. The van der Waals surface area contributed by atoms with Crippen LogP contribution in [0.3, 0.4) is 0 Å². The van der Waals surface area contributed by atoms with Gasteiger partial charge in [-0.05, 0) is 80.8 Å². The predicted molar refractivity (Wildman–Crippen MR) is 171 cm³/mol. The van der Waals surface area contributed by atoms with Gasteiger partial charge in [0.1, 0.15) is 17.2 Å². The van der Waals surface area contributed by atoms with Crippen molar-refractivity contribution in [1.29, 1.82) is 0 Å². The van der Waals surface area contributed by atoms with E-state index >= 15 is 0 Å². The van der Waals surface area contributed by atoms with Crippen LogP contribution >= 0.6 is 12.4 Å². The van der Waals surface area contributed by atoms with Gasteiger partial charge < -0.3 is 35.5 Å². The molecule has 3 amide bonds. The second-order valence-corrected chi connectivity index (χ2v) is 9.73. The molecule has 3 aromatic carbocycles. The molecule has 0 fully saturated rings. The maximum atomic E-state index is 13.5. The Kier molecular flexibility index (Phi) is 14.3. The zero-order valence-electron chi connectivity index (χ0n) is 25.1. The monoisotopic (exact) mass is 612 g/mol. The fourth-order valence-corrected chi connectivity index (χ4v) is 4.15. The van der Waals surface area contributed by atoms with Gasteiger partial charge in [-0.3, -0.25) is 14.4 Å². The van der Waals surface area contributed by atoms with Gasteiger partial charge in [0.25, 0.3) is 11.8 Å². The molecule has 0 bridgehead atoms. The number of carbonyl (C=O) groups excluding carboxylic acids is 3. The zero-order valence-corrected chi connectivity index (χ0v) is 25.9. The summed E-state index contributed by atoms with van der Waals surface area (Å²) in [7, 11) is 3.16. The third-order valence-corrected chi connectivity index (χ3v) is 6.42. The number of ether oxygens (including phenoxy) is 3. The lowest BCUT2D eigenvalue weighted by Gasteiger charge is -2.22. The summed E-state index contributed by atoms with van der Waals surface area (Å²) < 4.78 is 17.3. The number of hydrogen-bond acceptors (Lipinski definition) is 7. The Morgan fingerprint density at radius 3 is 2.33 bits per heavy atom. The highest BCUT2D eigenvalue weighted by Gasteiger charge is 2.20. The summed E-state index contributed by atoms with van der Waals surface area (Å²) in [6.07, 6.45) is 2.20. The van der Waals surface area contributed by atoms with E-state index in [0.717, 1.165) is 18.4 Å². The van der Waals surface area contributed by atoms with E-state index in [0.29, 0.717) is 72.5 Å². The highest BCUT2D eigenvalue weighted by Crippen LogP contribution is 2.32. The van der Waals surface area contributed by atoms with Crippen LogP contribution in [-0.4, -0.2) is 58.2 Å². The standard InChI is InChI=1S/C32H40N4O6.ClH/c1-22-12-15-27(30(20-22)42-18-8-7-17-34-23(2)37)36(3)32(39)24-13-14-26(29(21-24)40-4)35-31(38)25-10-5-6-11-28(25)41-19-9-16-33;/h5-6,10-15,20-21H,7-9,16-19,33H2,1-4H3,(H,34,37)(H,35,38);1H. The molecule has 0 saturated carbocycles. The number of nitrogens with one attached hydrogen (secondary N) is 2. The van der Waals surface area contributed by atoms with Crippen LogP contribution in [0, 0.1) is 6.92 Å². The summed E-state index contributed by atoms with van der Waals surface area (Å²) in [5.74, 6) is 0.686. The smallest absolute Gasteiger partial charge is 0.259 e. The maximum absolute atomic E-state index is 13.5. The normalized spacial score (nSPS) is 10.3. The van der Waals surface area contributed by atoms with E-state index in [1.165, 1.54) is 18.9 Å². The number of benzene rings is 3. The third-order valence-electron chi connectivity index (χ3n) is 6.42. The molecule has 0 radical (unpaired) electrons. The summed E-state index contributed by atoms with van der Waals surface area (Å²) in [6, 6.07) is 17.5. The minimum absolute atomic E-state index is 0. The molecular weight excluding hydrogens is 572 g/mol. The van der Waals surface area contributed by atoms with Gasteiger partial charge in [-0.1, -0.05) is 18.2 Å². The van der Waals surface area contributed by atoms with E-state index in [1.54, 1.807) is 49.5 Å². The van der Waals surface area contributed by atoms with Crippen LogP contribution in [0.1, 0.15) is 52.5 Å². The first-order valence-electron chi connectivity index (χ1n) is 13.9. The average molecular weight is 613 g/mol. The van der Waals surface area contributed by atoms with E-state index < -0.39 is 0 Å². The molecule has 0 saturated heterocycles. The van der Waals surface area contributed by atoms with Crippen molar-refractivity contribution < 1.29 is 28.6 Å². The fraction of sp³-hybridized carbons (Fsp3) is 0.344. The van der Waals surface area contributed by atoms with Crippen molar-refractivity contribution in [3.8, 4) is 17.2 Å². The van der Waals surface area contributed by atoms with E-state index in [9.17, 15) is 14.4 Å². The van der Waals surface area contributed by atoms with Crippen LogP contribution in [0.5, 0.6) is 17.2 Å². The van der Waals surface area contributed by atoms with Gasteiger partial charge in [-0.2, -0.15) is 0 Å². The Hall–Kier alpha value is -4.28. The first-order chi connectivity index (χ1) is 20.2. The summed E-state index contributed by atoms with van der Waals surface area (Å²) in [5, 5.41) is 5.63. The number of nitrogens with two attached hydrogens (primary N) is 1. The Labute approximate surface area is 259 Å². The number of aryl methyl sites for hydroxylation is 1. The van der Waals surface area contributed by atoms with Crippen molar-refractivity contribution in [3.05, 3.63) is 77.4 Å². The molecule has 0 aliphatic heterocycles. The van der Waals surface area contributed by atoms with Gasteiger partial charge in [0.2, 0.25) is 5.91 Å². The largest absolute Gasteiger partial charge is 0.495 e. The predicted octanol–water partition coefficient (Wildman–Crippen LogP) is 4.98. The first-order valence-corrected chi connectivity index (χ1v) is 13.9. The first kappa shape index (κ1) is 34.9. The molecule has 0 unspecified atom stereocenters. The van der Waals surface area contributed by atoms with Crippen molar-refractivity contribution in [2.45, 2.75) is 33.1 Å². The topological polar surface area (TPSA) is 132 Å². The lowest BCUT2D eigenvalue weighted by Crippen LogP contribution is -2.27. The van der Waals surface area contributed by atoms with Crippen LogP contribution in [-0.2, 0) is 4.79 Å². The second-order valence-electron chi connectivity index (χ2n) is 9.73. The van der Waals surface area contributed by atoms with E-state index in [1.807, 2.05) is 25.1 Å². The van der Waals surface area contributed by atoms with Crippen molar-refractivity contribution >= 4 is 41.5 Å². The lowest BCUT2D eigenvalue weighted by molar-refractivity contribution is -0.118. The number of para-hydroxylation sites is 1. The van der Waals surface area contributed by atoms with Gasteiger partial charge in [-0.25, -0.2) is 0 Å². The number of carbonyl (C=O) groups is 3. The minimum atomic E-state index is -0.369. The molecule has 0 aromatic heterocycles. The van der Waals surface area contributed by atoms with Crippen molar-refractivity contribution in [3.63, 3.8) is 0 Å². The number of methoxy groups -OCH3 is 1. The van der Waals surface area contributed by atoms with Gasteiger partial charge in [0, 0.05) is 26.1 Å². The average Bonchev–Trinajstić information content (AvgIpc) is 2.98. The molecular formula is C32H41ClN4O6. The van der Waals surface area contributed by atoms with Gasteiger partial charge in [-0.15, -0.1) is 12.4 Å². The number of anilines is 2. The summed E-state index contributed by atoms with van der Waals surface area (Å²) >= 11 is 0. The molecule has 11 heteroatoms. The Morgan fingerprint density at radius 2 is 1.60 bits per heavy atom. The number of unbranched alkanes of at least 4 members (excludes halogenated alkanes) is 1. The summed E-state index contributed by atoms with van der Waals surface area (Å²) in [6.45, 7) is 5.37. The molecule has 0 spiro atoms. The Balaban J connectivity index is 0.00000645. The minimum Gasteiger partial charge on any atom is -0.495 e. The number of amides is 3. The van der Waals surface area contributed by atoms with Crippen LogP contribution in [0.2, 0.25) is 0 Å². The molecule has 0 aliphatic rings. The van der Waals surface area contributed by atoms with Crippen molar-refractivity contribution in [2.75, 3.05) is 50.7 Å². The molecule has 43 heavy (non-hydrogen) atoms. The van der Waals surface area contributed by atoms with Gasteiger partial charge >= 0.3 is 0 Å². The van der Waals surface area contributed by atoms with E-state index in [2.05, 4.69) is 10.6 Å². The van der Waals surface area contributed by atoms with E-state index in [-0.39, 0.29) is 30.1 Å². The molecule has 4 N–H and O–H groups in total. The number of rotatable bonds is 15. The number of nitrogens with zero attached hydrogens (tertiary/aromatic N) is 1. The molecule has 3 rings (SSSR count). The zero-order chi connectivity index (χ0) is 30.5. The molecule has 3 aromatic rings. The molecule has 0 aliphatic carbocycles. The highest BCUT2D eigenvalue weighted by atomic mass is 35.5. The van der Waals surface area contributed by atoms with Crippen LogP contribution in [0.25, 0.3) is 0 Å². The molecule has 0 atom stereocenters. The van der Waals surface area contributed by atoms with Crippen LogP contribution in [0.4, 0.5) is 11.4 Å². The number of hydrogen-bond donors (Lipinski definition) is 3. The maximum Gasteiger partial charge on any atom is 0.259 e. The lowest BCUT2D eigenvalue weighted by atomic mass is 10.1. The number of halogens is 1. The quantitative estimate of drug-likeness (QED) is 0.206. The Bertz CT molecular complexity index is 1380. The third kappa shape index (κ3) is 10.2. The van der Waals surface area contributed by atoms with Crippen molar-refractivity contribution in [1.82, 2.24) is 5.32 Å². The van der Waals surface area contributed by atoms with Gasteiger partial charge in [0.05, 0.1) is 37.3 Å². The van der Waals surface area contributed by atoms with Crippen LogP contribution in [0.15, 0.2) is 60.7 Å². The molecule has 0 heterocycles.